The highest BCUT2D eigenvalue weighted by Crippen LogP contribution is 2.29. The van der Waals surface area contributed by atoms with Crippen molar-refractivity contribution in [3.8, 4) is 11.8 Å². The van der Waals surface area contributed by atoms with Crippen LogP contribution in [0.15, 0.2) is 6.07 Å². The standard InChI is InChI=1S/C14H17NO3S/c1-14(2,3)6-5-10-9-11(15(4)7-8-16)12(19-10)13(17)18/h8-9H,7H2,1-4H3,(H,17,18). The van der Waals surface area contributed by atoms with Crippen LogP contribution in [0.1, 0.15) is 35.3 Å². The lowest BCUT2D eigenvalue weighted by atomic mass is 9.98. The Kier molecular flexibility index (Phi) is 4.73. The lowest BCUT2D eigenvalue weighted by Crippen LogP contribution is -2.20. The molecule has 0 fully saturated rings. The van der Waals surface area contributed by atoms with Gasteiger partial charge in [-0.1, -0.05) is 11.8 Å². The lowest BCUT2D eigenvalue weighted by Gasteiger charge is -2.14. The summed E-state index contributed by atoms with van der Waals surface area (Å²) in [5.74, 6) is 5.06. The van der Waals surface area contributed by atoms with Gasteiger partial charge < -0.3 is 14.8 Å². The van der Waals surface area contributed by atoms with Crippen LogP contribution in [0.4, 0.5) is 5.69 Å². The molecule has 0 saturated carbocycles. The number of anilines is 1. The quantitative estimate of drug-likeness (QED) is 0.679. The molecule has 19 heavy (non-hydrogen) atoms. The van der Waals surface area contributed by atoms with Crippen molar-refractivity contribution in [1.29, 1.82) is 0 Å². The topological polar surface area (TPSA) is 57.6 Å². The third kappa shape index (κ3) is 4.42. The van der Waals surface area contributed by atoms with Crippen LogP contribution in [-0.2, 0) is 4.79 Å². The molecule has 0 bridgehead atoms. The Labute approximate surface area is 117 Å². The average molecular weight is 279 g/mol. The minimum absolute atomic E-state index is 0.137. The summed E-state index contributed by atoms with van der Waals surface area (Å²) in [6.07, 6.45) is 0.740. The first-order valence-corrected chi connectivity index (χ1v) is 6.61. The van der Waals surface area contributed by atoms with Gasteiger partial charge in [0.05, 0.1) is 17.1 Å². The normalized spacial score (nSPS) is 10.5. The maximum atomic E-state index is 11.2. The molecule has 0 atom stereocenters. The van der Waals surface area contributed by atoms with Gasteiger partial charge in [0.25, 0.3) is 0 Å². The molecule has 0 aromatic carbocycles. The number of carbonyl (C=O) groups excluding carboxylic acids is 1. The van der Waals surface area contributed by atoms with E-state index >= 15 is 0 Å². The Balaban J connectivity index is 3.17. The monoisotopic (exact) mass is 279 g/mol. The van der Waals surface area contributed by atoms with Gasteiger partial charge in [0.2, 0.25) is 0 Å². The summed E-state index contributed by atoms with van der Waals surface area (Å²) in [5, 5.41) is 9.17. The first kappa shape index (κ1) is 15.3. The summed E-state index contributed by atoms with van der Waals surface area (Å²) >= 11 is 1.13. The van der Waals surface area contributed by atoms with Gasteiger partial charge in [0.15, 0.2) is 0 Å². The third-order valence-corrected chi connectivity index (χ3v) is 3.25. The Hall–Kier alpha value is -1.80. The second-order valence-corrected chi connectivity index (χ2v) is 6.23. The van der Waals surface area contributed by atoms with Crippen molar-refractivity contribution in [2.24, 2.45) is 5.41 Å². The summed E-state index contributed by atoms with van der Waals surface area (Å²) in [4.78, 5) is 24.2. The fourth-order valence-corrected chi connectivity index (χ4v) is 2.24. The van der Waals surface area contributed by atoms with E-state index in [1.165, 1.54) is 0 Å². The van der Waals surface area contributed by atoms with Gasteiger partial charge in [-0.3, -0.25) is 0 Å². The average Bonchev–Trinajstić information content (AvgIpc) is 2.70. The number of carbonyl (C=O) groups is 2. The zero-order valence-corrected chi connectivity index (χ0v) is 12.3. The van der Waals surface area contributed by atoms with Crippen molar-refractivity contribution in [3.63, 3.8) is 0 Å². The molecular weight excluding hydrogens is 262 g/mol. The molecule has 0 amide bonds. The van der Waals surface area contributed by atoms with E-state index in [4.69, 9.17) is 0 Å². The molecule has 4 nitrogen and oxygen atoms in total. The summed E-state index contributed by atoms with van der Waals surface area (Å²) in [6.45, 7) is 6.13. The minimum atomic E-state index is -0.999. The Morgan fingerprint density at radius 2 is 2.16 bits per heavy atom. The van der Waals surface area contributed by atoms with Crippen LogP contribution in [0.3, 0.4) is 0 Å². The van der Waals surface area contributed by atoms with Crippen LogP contribution >= 0.6 is 11.3 Å². The molecule has 1 aromatic heterocycles. The van der Waals surface area contributed by atoms with E-state index in [1.54, 1.807) is 18.0 Å². The van der Waals surface area contributed by atoms with E-state index in [2.05, 4.69) is 11.8 Å². The van der Waals surface area contributed by atoms with Crippen LogP contribution in [0, 0.1) is 17.3 Å². The first-order chi connectivity index (χ1) is 8.74. The van der Waals surface area contributed by atoms with Crippen LogP contribution in [0.2, 0.25) is 0 Å². The van der Waals surface area contributed by atoms with Gasteiger partial charge >= 0.3 is 5.97 Å². The molecule has 0 aliphatic carbocycles. The lowest BCUT2D eigenvalue weighted by molar-refractivity contribution is -0.106. The van der Waals surface area contributed by atoms with Gasteiger partial charge in [-0.05, 0) is 26.8 Å². The first-order valence-electron chi connectivity index (χ1n) is 5.79. The number of hydrogen-bond acceptors (Lipinski definition) is 4. The summed E-state index contributed by atoms with van der Waals surface area (Å²) in [5.41, 5.74) is 0.394. The predicted molar refractivity (Wildman–Crippen MR) is 76.9 cm³/mol. The molecule has 1 aromatic rings. The summed E-state index contributed by atoms with van der Waals surface area (Å²) < 4.78 is 0. The number of carboxylic acid groups (broad SMARTS) is 1. The number of aldehydes is 1. The van der Waals surface area contributed by atoms with Crippen molar-refractivity contribution in [3.05, 3.63) is 15.8 Å². The van der Waals surface area contributed by atoms with Crippen LogP contribution in [0.25, 0.3) is 0 Å². The second-order valence-electron chi connectivity index (χ2n) is 5.18. The zero-order valence-electron chi connectivity index (χ0n) is 11.5. The molecule has 1 heterocycles. The highest BCUT2D eigenvalue weighted by atomic mass is 32.1. The second kappa shape index (κ2) is 5.89. The highest BCUT2D eigenvalue weighted by Gasteiger charge is 2.17. The van der Waals surface area contributed by atoms with Crippen LogP contribution in [0.5, 0.6) is 0 Å². The van der Waals surface area contributed by atoms with E-state index < -0.39 is 5.97 Å². The number of likely N-dealkylation sites (N-methyl/N-ethyl adjacent to an activating group) is 1. The molecular formula is C14H17NO3S. The third-order valence-electron chi connectivity index (χ3n) is 2.23. The molecule has 1 rings (SSSR count). The number of rotatable bonds is 4. The van der Waals surface area contributed by atoms with E-state index in [-0.39, 0.29) is 16.8 Å². The smallest absolute Gasteiger partial charge is 0.348 e. The molecule has 0 aliphatic rings. The zero-order chi connectivity index (χ0) is 14.6. The fraction of sp³-hybridized carbons (Fsp3) is 0.429. The molecule has 0 radical (unpaired) electrons. The molecule has 0 aliphatic heterocycles. The Bertz CT molecular complexity index is 543. The van der Waals surface area contributed by atoms with Gasteiger partial charge in [-0.15, -0.1) is 11.3 Å². The number of aromatic carboxylic acids is 1. The van der Waals surface area contributed by atoms with E-state index in [0.29, 0.717) is 10.6 Å². The largest absolute Gasteiger partial charge is 0.477 e. The van der Waals surface area contributed by atoms with Gasteiger partial charge in [-0.25, -0.2) is 4.79 Å². The number of thiophene rings is 1. The molecule has 1 N–H and O–H groups in total. The SMILES string of the molecule is CN(CC=O)c1cc(C#CC(C)(C)C)sc1C(=O)O. The number of hydrogen-bond donors (Lipinski definition) is 1. The maximum absolute atomic E-state index is 11.2. The maximum Gasteiger partial charge on any atom is 0.348 e. The number of nitrogens with zero attached hydrogens (tertiary/aromatic N) is 1. The van der Waals surface area contributed by atoms with Crippen LogP contribution in [-0.4, -0.2) is 31.0 Å². The molecule has 102 valence electrons. The molecule has 0 unspecified atom stereocenters. The Morgan fingerprint density at radius 3 is 2.63 bits per heavy atom. The predicted octanol–water partition coefficient (Wildman–Crippen LogP) is 2.48. The van der Waals surface area contributed by atoms with Gasteiger partial charge in [0, 0.05) is 12.5 Å². The number of carboxylic acids is 1. The fourth-order valence-electron chi connectivity index (χ4n) is 1.34. The van der Waals surface area contributed by atoms with E-state index in [0.717, 1.165) is 17.6 Å². The van der Waals surface area contributed by atoms with Gasteiger partial charge in [0.1, 0.15) is 11.2 Å². The summed E-state index contributed by atoms with van der Waals surface area (Å²) in [7, 11) is 1.68. The van der Waals surface area contributed by atoms with E-state index in [1.807, 2.05) is 20.8 Å². The van der Waals surface area contributed by atoms with E-state index in [9.17, 15) is 14.7 Å². The van der Waals surface area contributed by atoms with Crippen molar-refractivity contribution in [2.75, 3.05) is 18.5 Å². The molecule has 0 spiro atoms. The highest BCUT2D eigenvalue weighted by molar-refractivity contribution is 7.15. The van der Waals surface area contributed by atoms with Crippen molar-refractivity contribution in [1.82, 2.24) is 0 Å². The van der Waals surface area contributed by atoms with Crippen LogP contribution < -0.4 is 4.90 Å². The molecule has 5 heteroatoms. The Morgan fingerprint density at radius 1 is 1.53 bits per heavy atom. The van der Waals surface area contributed by atoms with Crippen molar-refractivity contribution < 1.29 is 14.7 Å². The summed E-state index contributed by atoms with van der Waals surface area (Å²) in [6, 6.07) is 1.72. The van der Waals surface area contributed by atoms with Gasteiger partial charge in [-0.2, -0.15) is 0 Å². The molecule has 0 saturated heterocycles. The van der Waals surface area contributed by atoms with Crippen molar-refractivity contribution >= 4 is 29.3 Å². The minimum Gasteiger partial charge on any atom is -0.477 e. The van der Waals surface area contributed by atoms with Crippen molar-refractivity contribution in [2.45, 2.75) is 20.8 Å².